The Labute approximate surface area is 251 Å². The molecule has 0 aromatic heterocycles. The molecule has 230 valence electrons. The fraction of sp³-hybridized carbons (Fsp3) is 0.581. The van der Waals surface area contributed by atoms with Gasteiger partial charge in [-0.25, -0.2) is 4.39 Å². The minimum Gasteiger partial charge on any atom is -0.400 e. The molecule has 0 bridgehead atoms. The van der Waals surface area contributed by atoms with Crippen LogP contribution in [-0.4, -0.2) is 48.8 Å². The van der Waals surface area contributed by atoms with E-state index >= 15 is 0 Å². The molecule has 1 fully saturated rings. The molecule has 40 heavy (non-hydrogen) atoms. The van der Waals surface area contributed by atoms with Crippen LogP contribution in [0.1, 0.15) is 84.8 Å². The van der Waals surface area contributed by atoms with Crippen LogP contribution < -0.4 is 16.4 Å². The summed E-state index contributed by atoms with van der Waals surface area (Å²) < 4.78 is 14.2. The van der Waals surface area contributed by atoms with Crippen LogP contribution in [0.3, 0.4) is 0 Å². The van der Waals surface area contributed by atoms with E-state index in [9.17, 15) is 9.50 Å². The molecular weight excluding hydrogens is 552 g/mol. The molecular formula is C31H52Cl2FN3O3. The van der Waals surface area contributed by atoms with Crippen molar-refractivity contribution < 1.29 is 19.4 Å². The van der Waals surface area contributed by atoms with Crippen LogP contribution in [0.4, 0.5) is 10.1 Å². The number of anilines is 1. The van der Waals surface area contributed by atoms with Crippen molar-refractivity contribution in [3.63, 3.8) is 0 Å². The summed E-state index contributed by atoms with van der Waals surface area (Å²) in [7, 11) is 2.86. The van der Waals surface area contributed by atoms with Gasteiger partial charge >= 0.3 is 0 Å². The lowest BCUT2D eigenvalue weighted by Gasteiger charge is -2.23. The Morgan fingerprint density at radius 1 is 1.15 bits per heavy atom. The van der Waals surface area contributed by atoms with Crippen molar-refractivity contribution in [3.8, 4) is 0 Å². The van der Waals surface area contributed by atoms with E-state index in [1.165, 1.54) is 0 Å². The van der Waals surface area contributed by atoms with Crippen LogP contribution in [-0.2, 0) is 11.3 Å². The van der Waals surface area contributed by atoms with Gasteiger partial charge < -0.3 is 31.4 Å². The lowest BCUT2D eigenvalue weighted by Crippen LogP contribution is -2.31. The number of nitrogens with two attached hydrogens (primary N) is 1. The molecule has 0 spiro atoms. The fourth-order valence-corrected chi connectivity index (χ4v) is 4.14. The normalized spacial score (nSPS) is 19.1. The Morgan fingerprint density at radius 3 is 2.12 bits per heavy atom. The second kappa shape index (κ2) is 20.2. The van der Waals surface area contributed by atoms with Crippen molar-refractivity contribution in [2.75, 3.05) is 19.5 Å². The molecule has 0 radical (unpaired) electrons. The van der Waals surface area contributed by atoms with Crippen LogP contribution in [0.5, 0.6) is 0 Å². The number of benzene rings is 2. The van der Waals surface area contributed by atoms with Gasteiger partial charge in [-0.05, 0) is 73.8 Å². The molecule has 3 unspecified atom stereocenters. The zero-order valence-corrected chi connectivity index (χ0v) is 27.3. The predicted octanol–water partition coefficient (Wildman–Crippen LogP) is 7.18. The van der Waals surface area contributed by atoms with Gasteiger partial charge in [-0.1, -0.05) is 76.0 Å². The molecule has 0 saturated heterocycles. The van der Waals surface area contributed by atoms with E-state index in [0.29, 0.717) is 22.5 Å². The van der Waals surface area contributed by atoms with Crippen molar-refractivity contribution in [1.82, 2.24) is 5.32 Å². The van der Waals surface area contributed by atoms with E-state index < -0.39 is 5.60 Å². The van der Waals surface area contributed by atoms with Crippen molar-refractivity contribution in [3.05, 3.63) is 63.4 Å². The topological polar surface area (TPSA) is 108 Å². The maximum Gasteiger partial charge on any atom is 0.145 e. The van der Waals surface area contributed by atoms with Gasteiger partial charge in [0.25, 0.3) is 0 Å². The van der Waals surface area contributed by atoms with Crippen LogP contribution in [0, 0.1) is 11.2 Å². The molecule has 2 aromatic carbocycles. The van der Waals surface area contributed by atoms with Crippen molar-refractivity contribution in [2.45, 2.75) is 97.9 Å². The first kappa shape index (κ1) is 40.4. The Balaban J connectivity index is 0. The van der Waals surface area contributed by atoms with Crippen LogP contribution in [0.15, 0.2) is 36.4 Å². The van der Waals surface area contributed by atoms with Gasteiger partial charge in [-0.3, -0.25) is 0 Å². The Morgan fingerprint density at radius 2 is 1.70 bits per heavy atom. The SMILES string of the molecule is C=O.CC(C)(C)C.CC1(O)CCC(N)C1.CNc1cc(Cl)ccc1CN[C@@H](C)C(C)c1cccc(Cl)c1F.CO. The first-order chi connectivity index (χ1) is 18.5. The van der Waals surface area contributed by atoms with Gasteiger partial charge in [-0.2, -0.15) is 0 Å². The molecule has 2 aromatic rings. The minimum atomic E-state index is -0.459. The maximum absolute atomic E-state index is 14.2. The first-order valence-electron chi connectivity index (χ1n) is 13.4. The minimum absolute atomic E-state index is 0.000893. The van der Waals surface area contributed by atoms with Gasteiger partial charge in [0.1, 0.15) is 12.6 Å². The molecule has 0 aliphatic heterocycles. The lowest BCUT2D eigenvalue weighted by molar-refractivity contribution is -0.0980. The van der Waals surface area contributed by atoms with E-state index in [-0.39, 0.29) is 28.8 Å². The third-order valence-electron chi connectivity index (χ3n) is 5.93. The fourth-order valence-electron chi connectivity index (χ4n) is 3.79. The summed E-state index contributed by atoms with van der Waals surface area (Å²) in [6.07, 6.45) is 2.62. The van der Waals surface area contributed by atoms with Crippen molar-refractivity contribution in [1.29, 1.82) is 0 Å². The van der Waals surface area contributed by atoms with Crippen molar-refractivity contribution >= 4 is 35.7 Å². The summed E-state index contributed by atoms with van der Waals surface area (Å²) in [6.45, 7) is 17.3. The summed E-state index contributed by atoms with van der Waals surface area (Å²) in [5, 5.41) is 23.7. The largest absolute Gasteiger partial charge is 0.400 e. The van der Waals surface area contributed by atoms with E-state index in [4.69, 9.17) is 38.8 Å². The second-order valence-electron chi connectivity index (χ2n) is 11.7. The molecule has 6 nitrogen and oxygen atoms in total. The molecule has 0 heterocycles. The zero-order valence-electron chi connectivity index (χ0n) is 25.7. The average Bonchev–Trinajstić information content (AvgIpc) is 3.21. The monoisotopic (exact) mass is 603 g/mol. The zero-order chi connectivity index (χ0) is 31.7. The quantitative estimate of drug-likeness (QED) is 0.239. The number of halogens is 3. The van der Waals surface area contributed by atoms with Crippen LogP contribution >= 0.6 is 23.2 Å². The Hall–Kier alpha value is -1.74. The number of carbonyl (C=O) groups excluding carboxylic acids is 1. The summed E-state index contributed by atoms with van der Waals surface area (Å²) >= 11 is 11.9. The highest BCUT2D eigenvalue weighted by molar-refractivity contribution is 6.31. The maximum atomic E-state index is 14.2. The van der Waals surface area contributed by atoms with E-state index in [0.717, 1.165) is 37.6 Å². The molecule has 6 N–H and O–H groups in total. The predicted molar refractivity (Wildman–Crippen MR) is 170 cm³/mol. The van der Waals surface area contributed by atoms with Gasteiger partial charge in [-0.15, -0.1) is 0 Å². The average molecular weight is 605 g/mol. The summed E-state index contributed by atoms with van der Waals surface area (Å²) in [5.41, 5.74) is 8.32. The Bertz CT molecular complexity index is 965. The van der Waals surface area contributed by atoms with E-state index in [1.807, 2.05) is 52.8 Å². The van der Waals surface area contributed by atoms with E-state index in [1.54, 1.807) is 18.2 Å². The van der Waals surface area contributed by atoms with Gasteiger partial charge in [0.05, 0.1) is 10.6 Å². The summed E-state index contributed by atoms with van der Waals surface area (Å²) in [6, 6.07) is 11.2. The smallest absolute Gasteiger partial charge is 0.145 e. The summed E-state index contributed by atoms with van der Waals surface area (Å²) in [4.78, 5) is 8.00. The van der Waals surface area contributed by atoms with Crippen LogP contribution in [0.2, 0.25) is 10.0 Å². The van der Waals surface area contributed by atoms with Gasteiger partial charge in [0, 0.05) is 43.5 Å². The van der Waals surface area contributed by atoms with Crippen molar-refractivity contribution in [2.24, 2.45) is 11.1 Å². The first-order valence-corrected chi connectivity index (χ1v) is 14.1. The number of hydrogen-bond acceptors (Lipinski definition) is 6. The number of aliphatic hydroxyl groups excluding tert-OH is 1. The molecule has 0 amide bonds. The third-order valence-corrected chi connectivity index (χ3v) is 6.46. The number of nitrogens with one attached hydrogen (secondary N) is 2. The molecule has 4 atom stereocenters. The highest BCUT2D eigenvalue weighted by Crippen LogP contribution is 2.28. The number of hydrogen-bond donors (Lipinski definition) is 5. The molecule has 9 heteroatoms. The standard InChI is InChI=1S/C18H21Cl2FN2.C6H13NO.C5H12.CH4O.CH2O/c1-11(15-5-4-6-16(20)18(15)21)12(2)23-10-13-7-8-14(19)9-17(13)22-3;1-6(8)3-2-5(7)4-6;1-5(2,3)4;2*1-2/h4-9,11-12,22-23H,10H2,1-3H3;5,8H,2-4,7H2,1H3;1-4H3;2H,1H3;1H2/t11?,12-;;;;/m0..../s1. The van der Waals surface area contributed by atoms with E-state index in [2.05, 4.69) is 38.3 Å². The number of aliphatic hydroxyl groups is 2. The third kappa shape index (κ3) is 17.2. The lowest BCUT2D eigenvalue weighted by atomic mass is 9.93. The summed E-state index contributed by atoms with van der Waals surface area (Å²) in [5.74, 6) is -0.336. The molecule has 3 rings (SSSR count). The number of carbonyl (C=O) groups is 1. The molecule has 1 aliphatic rings. The number of rotatable bonds is 6. The highest BCUT2D eigenvalue weighted by atomic mass is 35.5. The van der Waals surface area contributed by atoms with Crippen LogP contribution in [0.25, 0.3) is 0 Å². The molecule has 1 aliphatic carbocycles. The second-order valence-corrected chi connectivity index (χ2v) is 12.5. The van der Waals surface area contributed by atoms with Gasteiger partial charge in [0.15, 0.2) is 0 Å². The molecule has 1 saturated carbocycles. The Kier molecular flexibility index (Phi) is 20.4. The highest BCUT2D eigenvalue weighted by Gasteiger charge is 2.30. The van der Waals surface area contributed by atoms with Gasteiger partial charge in [0.2, 0.25) is 0 Å².